The number of rotatable bonds is 0. The zero-order valence-electron chi connectivity index (χ0n) is 4.76. The van der Waals surface area contributed by atoms with Crippen molar-refractivity contribution in [3.63, 3.8) is 0 Å². The first-order chi connectivity index (χ1) is 4.47. The van der Waals surface area contributed by atoms with E-state index in [9.17, 15) is 0 Å². The molecule has 0 saturated carbocycles. The van der Waals surface area contributed by atoms with Crippen LogP contribution in [0.4, 0.5) is 0 Å². The van der Waals surface area contributed by atoms with Crippen LogP contribution in [-0.4, -0.2) is 25.4 Å². The van der Waals surface area contributed by atoms with E-state index in [-0.39, 0.29) is 21.1 Å². The maximum Gasteiger partial charge on any atom is 2.00 e. The first-order valence-corrected chi connectivity index (χ1v) is 2.43. The summed E-state index contributed by atoms with van der Waals surface area (Å²) in [5, 5.41) is 9.92. The normalized spacial score (nSPS) is 9.20. The van der Waals surface area contributed by atoms with Crippen molar-refractivity contribution in [3.8, 4) is 0 Å². The summed E-state index contributed by atoms with van der Waals surface area (Å²) in [6.07, 6.45) is 3.04. The van der Waals surface area contributed by atoms with Crippen LogP contribution in [0.25, 0.3) is 11.2 Å². The van der Waals surface area contributed by atoms with Crippen molar-refractivity contribution in [2.45, 2.75) is 0 Å². The van der Waals surface area contributed by atoms with E-state index in [1.165, 1.54) is 6.33 Å². The first-order valence-electron chi connectivity index (χ1n) is 2.43. The molecule has 0 fully saturated rings. The van der Waals surface area contributed by atoms with Crippen molar-refractivity contribution in [3.05, 3.63) is 12.5 Å². The molecule has 0 spiro atoms. The molecule has 52 valence electrons. The van der Waals surface area contributed by atoms with Crippen LogP contribution >= 0.6 is 0 Å². The number of H-pyrrole nitrogens is 1. The minimum Gasteiger partial charge on any atom is -0.242 e. The fraction of sp³-hybridized carbons (Fsp3) is 0. The molecule has 6 heteroatoms. The van der Waals surface area contributed by atoms with E-state index < -0.39 is 0 Å². The molecule has 0 aliphatic heterocycles. The maximum absolute atomic E-state index is 3.83. The summed E-state index contributed by atoms with van der Waals surface area (Å²) >= 11 is 0. The standard InChI is InChI=1S/C4H3N5.Pt/c1-3-4(6-2-5-1)8-9-7-3;/h1-2H,(H,5,6,7,8,9);/q;+2. The van der Waals surface area contributed by atoms with Crippen LogP contribution in [0.3, 0.4) is 0 Å². The van der Waals surface area contributed by atoms with Crippen LogP contribution in [0.5, 0.6) is 0 Å². The Balaban J connectivity index is 0.000000500. The van der Waals surface area contributed by atoms with Crippen molar-refractivity contribution in [2.24, 2.45) is 0 Å². The number of nitrogens with zero attached hydrogens (tertiary/aromatic N) is 4. The Kier molecular flexibility index (Phi) is 2.06. The SMILES string of the molecule is [Pt+2].c1ncc2n[nH]nc2n1. The van der Waals surface area contributed by atoms with E-state index in [0.29, 0.717) is 11.2 Å². The Morgan fingerprint density at radius 1 is 1.30 bits per heavy atom. The monoisotopic (exact) mass is 316 g/mol. The molecule has 0 unspecified atom stereocenters. The predicted molar refractivity (Wildman–Crippen MR) is 29.5 cm³/mol. The Morgan fingerprint density at radius 3 is 3.00 bits per heavy atom. The minimum absolute atomic E-state index is 0. The molecule has 1 N–H and O–H groups in total. The summed E-state index contributed by atoms with van der Waals surface area (Å²) in [7, 11) is 0. The average molecular weight is 316 g/mol. The van der Waals surface area contributed by atoms with Crippen molar-refractivity contribution in [2.75, 3.05) is 0 Å². The Hall–Kier alpha value is -0.832. The van der Waals surface area contributed by atoms with Crippen molar-refractivity contribution in [1.29, 1.82) is 0 Å². The summed E-state index contributed by atoms with van der Waals surface area (Å²) in [6.45, 7) is 0. The fourth-order valence-electron chi connectivity index (χ4n) is 0.607. The summed E-state index contributed by atoms with van der Waals surface area (Å²) in [5.41, 5.74) is 1.29. The molecular formula is C4H3N5Pt+2. The van der Waals surface area contributed by atoms with Crippen LogP contribution in [0.2, 0.25) is 0 Å². The van der Waals surface area contributed by atoms with Gasteiger partial charge in [0, 0.05) is 0 Å². The molecule has 10 heavy (non-hydrogen) atoms. The van der Waals surface area contributed by atoms with Gasteiger partial charge in [-0.1, -0.05) is 0 Å². The van der Waals surface area contributed by atoms with Gasteiger partial charge >= 0.3 is 21.1 Å². The molecule has 0 aliphatic rings. The summed E-state index contributed by atoms with van der Waals surface area (Å²) in [4.78, 5) is 7.58. The van der Waals surface area contributed by atoms with Gasteiger partial charge < -0.3 is 0 Å². The van der Waals surface area contributed by atoms with Crippen molar-refractivity contribution >= 4 is 11.2 Å². The maximum atomic E-state index is 3.83. The van der Waals surface area contributed by atoms with E-state index in [4.69, 9.17) is 0 Å². The third-order valence-electron chi connectivity index (χ3n) is 0.999. The Morgan fingerprint density at radius 2 is 2.20 bits per heavy atom. The zero-order chi connectivity index (χ0) is 6.10. The van der Waals surface area contributed by atoms with Gasteiger partial charge in [-0.05, 0) is 0 Å². The largest absolute Gasteiger partial charge is 2.00 e. The average Bonchev–Trinajstić information content (AvgIpc) is 2.33. The van der Waals surface area contributed by atoms with E-state index in [2.05, 4.69) is 25.4 Å². The number of hydrogen-bond acceptors (Lipinski definition) is 4. The number of aromatic nitrogens is 5. The van der Waals surface area contributed by atoms with Gasteiger partial charge in [0.15, 0.2) is 0 Å². The summed E-state index contributed by atoms with van der Waals surface area (Å²) < 4.78 is 0. The third-order valence-corrected chi connectivity index (χ3v) is 0.999. The van der Waals surface area contributed by atoms with Gasteiger partial charge in [-0.15, -0.1) is 5.10 Å². The van der Waals surface area contributed by atoms with Crippen LogP contribution in [0.1, 0.15) is 0 Å². The first kappa shape index (κ1) is 7.28. The third kappa shape index (κ3) is 1.04. The zero-order valence-corrected chi connectivity index (χ0v) is 7.03. The van der Waals surface area contributed by atoms with Crippen LogP contribution in [0, 0.1) is 0 Å². The van der Waals surface area contributed by atoms with E-state index in [1.54, 1.807) is 6.20 Å². The fourth-order valence-corrected chi connectivity index (χ4v) is 0.607. The number of hydrogen-bond donors (Lipinski definition) is 1. The number of fused-ring (bicyclic) bond motifs is 1. The summed E-state index contributed by atoms with van der Waals surface area (Å²) in [6, 6.07) is 0. The Bertz CT molecular complexity index is 288. The van der Waals surface area contributed by atoms with Gasteiger partial charge in [0.25, 0.3) is 0 Å². The topological polar surface area (TPSA) is 67.3 Å². The van der Waals surface area contributed by atoms with E-state index >= 15 is 0 Å². The molecule has 2 heterocycles. The molecule has 0 bridgehead atoms. The molecule has 2 rings (SSSR count). The van der Waals surface area contributed by atoms with Crippen LogP contribution in [-0.2, 0) is 21.1 Å². The van der Waals surface area contributed by atoms with Gasteiger partial charge in [0.2, 0.25) is 5.65 Å². The quantitative estimate of drug-likeness (QED) is 0.728. The number of aromatic amines is 1. The van der Waals surface area contributed by atoms with Crippen molar-refractivity contribution < 1.29 is 21.1 Å². The molecule has 0 saturated heterocycles. The van der Waals surface area contributed by atoms with E-state index in [0.717, 1.165) is 0 Å². The smallest absolute Gasteiger partial charge is 0.242 e. The van der Waals surface area contributed by atoms with E-state index in [1.807, 2.05) is 0 Å². The van der Waals surface area contributed by atoms with Crippen LogP contribution in [0.15, 0.2) is 12.5 Å². The minimum atomic E-state index is 0. The van der Waals surface area contributed by atoms with Crippen LogP contribution < -0.4 is 0 Å². The number of nitrogens with one attached hydrogen (secondary N) is 1. The Labute approximate surface area is 70.5 Å². The van der Waals surface area contributed by atoms with Gasteiger partial charge in [-0.25, -0.2) is 9.97 Å². The molecule has 0 amide bonds. The van der Waals surface area contributed by atoms with Gasteiger partial charge in [-0.2, -0.15) is 10.3 Å². The molecule has 5 nitrogen and oxygen atoms in total. The second-order valence-electron chi connectivity index (χ2n) is 1.56. The van der Waals surface area contributed by atoms with Gasteiger partial charge in [0.1, 0.15) is 11.8 Å². The molecule has 2 aromatic rings. The molecule has 0 aromatic carbocycles. The van der Waals surface area contributed by atoms with Crippen molar-refractivity contribution in [1.82, 2.24) is 25.4 Å². The molecule has 0 radical (unpaired) electrons. The molecule has 2 aromatic heterocycles. The second-order valence-corrected chi connectivity index (χ2v) is 1.56. The van der Waals surface area contributed by atoms with Gasteiger partial charge in [-0.3, -0.25) is 0 Å². The molecular weight excluding hydrogens is 313 g/mol. The second kappa shape index (κ2) is 2.83. The van der Waals surface area contributed by atoms with Gasteiger partial charge in [0.05, 0.1) is 6.20 Å². The molecule has 0 aliphatic carbocycles. The summed E-state index contributed by atoms with van der Waals surface area (Å²) in [5.74, 6) is 0. The molecule has 0 atom stereocenters. The predicted octanol–water partition coefficient (Wildman–Crippen LogP) is -0.255.